The number of aromatic hydroxyl groups is 1. The molecule has 1 heterocycles. The zero-order valence-electron chi connectivity index (χ0n) is 11.8. The molecular weight excluding hydrogens is 304 g/mol. The van der Waals surface area contributed by atoms with Crippen LogP contribution in [0.15, 0.2) is 39.5 Å². The molecule has 0 saturated carbocycles. The van der Waals surface area contributed by atoms with Crippen molar-refractivity contribution < 1.29 is 29.0 Å². The molecule has 3 rings (SSSR count). The fraction of sp³-hybridized carbons (Fsp3) is 0.0625. The number of fused-ring (bicyclic) bond motifs is 2. The summed E-state index contributed by atoms with van der Waals surface area (Å²) in [5.74, 6) is -2.52. The van der Waals surface area contributed by atoms with E-state index in [4.69, 9.17) is 9.52 Å². The number of carboxylic acid groups (broad SMARTS) is 1. The van der Waals surface area contributed by atoms with Gasteiger partial charge < -0.3 is 19.4 Å². The number of aromatic carboxylic acids is 1. The second-order valence-corrected chi connectivity index (χ2v) is 4.78. The third-order valence-electron chi connectivity index (χ3n) is 3.43. The maximum Gasteiger partial charge on any atom is 0.338 e. The number of rotatable bonds is 2. The first-order valence-electron chi connectivity index (χ1n) is 6.48. The highest BCUT2D eigenvalue weighted by molar-refractivity contribution is 6.06. The van der Waals surface area contributed by atoms with Gasteiger partial charge in [0, 0.05) is 0 Å². The van der Waals surface area contributed by atoms with Crippen LogP contribution in [-0.2, 0) is 4.74 Å². The predicted octanol–water partition coefficient (Wildman–Crippen LogP) is 2.14. The summed E-state index contributed by atoms with van der Waals surface area (Å²) in [7, 11) is 1.18. The van der Waals surface area contributed by atoms with Gasteiger partial charge in [0.05, 0.1) is 23.6 Å². The summed E-state index contributed by atoms with van der Waals surface area (Å²) in [6, 6.07) is 6.47. The van der Waals surface area contributed by atoms with E-state index in [-0.39, 0.29) is 33.1 Å². The molecular formula is C16H10O7. The van der Waals surface area contributed by atoms with Crippen LogP contribution in [0.4, 0.5) is 0 Å². The van der Waals surface area contributed by atoms with E-state index < -0.39 is 23.1 Å². The maximum absolute atomic E-state index is 12.7. The lowest BCUT2D eigenvalue weighted by Crippen LogP contribution is -2.11. The molecule has 0 amide bonds. The maximum atomic E-state index is 12.7. The van der Waals surface area contributed by atoms with E-state index in [2.05, 4.69) is 4.74 Å². The minimum Gasteiger partial charge on any atom is -0.507 e. The monoisotopic (exact) mass is 314 g/mol. The first kappa shape index (κ1) is 14.6. The van der Waals surface area contributed by atoms with Crippen molar-refractivity contribution in [3.63, 3.8) is 0 Å². The summed E-state index contributed by atoms with van der Waals surface area (Å²) in [6.45, 7) is 0. The van der Waals surface area contributed by atoms with Crippen LogP contribution in [0.5, 0.6) is 5.75 Å². The quantitative estimate of drug-likeness (QED) is 0.550. The minimum atomic E-state index is -1.27. The van der Waals surface area contributed by atoms with Gasteiger partial charge in [-0.05, 0) is 24.3 Å². The lowest BCUT2D eigenvalue weighted by molar-refractivity contribution is 0.0602. The molecule has 0 unspecified atom stereocenters. The van der Waals surface area contributed by atoms with Gasteiger partial charge in [0.2, 0.25) is 5.43 Å². The first-order chi connectivity index (χ1) is 10.9. The molecule has 1 aromatic heterocycles. The number of ether oxygens (including phenoxy) is 1. The Hall–Kier alpha value is -3.35. The Morgan fingerprint density at radius 1 is 1.13 bits per heavy atom. The van der Waals surface area contributed by atoms with E-state index >= 15 is 0 Å². The van der Waals surface area contributed by atoms with Crippen LogP contribution >= 0.6 is 0 Å². The molecule has 0 bridgehead atoms. The van der Waals surface area contributed by atoms with Gasteiger partial charge in [-0.25, -0.2) is 9.59 Å². The number of carboxylic acids is 1. The molecule has 3 aromatic rings. The molecule has 0 atom stereocenters. The van der Waals surface area contributed by atoms with Gasteiger partial charge in [0.1, 0.15) is 22.3 Å². The number of hydrogen-bond donors (Lipinski definition) is 2. The number of benzene rings is 2. The zero-order chi connectivity index (χ0) is 16.7. The Morgan fingerprint density at radius 3 is 2.52 bits per heavy atom. The van der Waals surface area contributed by atoms with Gasteiger partial charge in [-0.3, -0.25) is 4.79 Å². The Kier molecular flexibility index (Phi) is 3.25. The van der Waals surface area contributed by atoms with E-state index in [1.807, 2.05) is 0 Å². The van der Waals surface area contributed by atoms with Gasteiger partial charge >= 0.3 is 11.9 Å². The molecule has 7 nitrogen and oxygen atoms in total. The second-order valence-electron chi connectivity index (χ2n) is 4.78. The average molecular weight is 314 g/mol. The topological polar surface area (TPSA) is 114 Å². The molecule has 0 fully saturated rings. The Morgan fingerprint density at radius 2 is 1.87 bits per heavy atom. The molecule has 0 saturated heterocycles. The molecule has 0 aliphatic heterocycles. The van der Waals surface area contributed by atoms with Crippen molar-refractivity contribution in [1.29, 1.82) is 0 Å². The first-order valence-corrected chi connectivity index (χ1v) is 6.48. The molecule has 116 valence electrons. The number of phenols is 1. The molecule has 0 spiro atoms. The molecule has 23 heavy (non-hydrogen) atoms. The number of methoxy groups -OCH3 is 1. The summed E-state index contributed by atoms with van der Waals surface area (Å²) < 4.78 is 10.1. The molecule has 2 N–H and O–H groups in total. The van der Waals surface area contributed by atoms with Gasteiger partial charge in [-0.15, -0.1) is 0 Å². The van der Waals surface area contributed by atoms with Crippen LogP contribution in [0.3, 0.4) is 0 Å². The predicted molar refractivity (Wildman–Crippen MR) is 80.0 cm³/mol. The number of esters is 1. The average Bonchev–Trinajstić information content (AvgIpc) is 2.52. The van der Waals surface area contributed by atoms with Crippen LogP contribution in [0.25, 0.3) is 21.9 Å². The van der Waals surface area contributed by atoms with Crippen molar-refractivity contribution in [2.24, 2.45) is 0 Å². The van der Waals surface area contributed by atoms with Crippen LogP contribution in [0.1, 0.15) is 20.7 Å². The van der Waals surface area contributed by atoms with Crippen molar-refractivity contribution in [1.82, 2.24) is 0 Å². The molecule has 7 heteroatoms. The third kappa shape index (κ3) is 2.18. The van der Waals surface area contributed by atoms with E-state index in [1.165, 1.54) is 25.3 Å². The summed E-state index contributed by atoms with van der Waals surface area (Å²) in [4.78, 5) is 35.5. The minimum absolute atomic E-state index is 0.00219. The lowest BCUT2D eigenvalue weighted by Gasteiger charge is -2.07. The lowest BCUT2D eigenvalue weighted by atomic mass is 10.0. The van der Waals surface area contributed by atoms with Crippen molar-refractivity contribution in [3.8, 4) is 5.75 Å². The highest BCUT2D eigenvalue weighted by Gasteiger charge is 2.20. The zero-order valence-corrected chi connectivity index (χ0v) is 11.8. The van der Waals surface area contributed by atoms with Crippen molar-refractivity contribution >= 4 is 33.9 Å². The number of carbonyl (C=O) groups is 2. The summed E-state index contributed by atoms with van der Waals surface area (Å²) in [5.41, 5.74) is -0.852. The highest BCUT2D eigenvalue weighted by Crippen LogP contribution is 2.28. The van der Waals surface area contributed by atoms with Crippen molar-refractivity contribution in [3.05, 3.63) is 51.7 Å². The summed E-state index contributed by atoms with van der Waals surface area (Å²) in [6.07, 6.45) is 0. The number of phenolic OH excluding ortho intramolecular Hbond substituents is 1. The van der Waals surface area contributed by atoms with Crippen LogP contribution < -0.4 is 5.43 Å². The van der Waals surface area contributed by atoms with Gasteiger partial charge in [0.25, 0.3) is 0 Å². The Bertz CT molecular complexity index is 1030. The normalized spacial score (nSPS) is 10.8. The molecule has 0 radical (unpaired) electrons. The number of carbonyl (C=O) groups excluding carboxylic acids is 1. The second kappa shape index (κ2) is 5.13. The van der Waals surface area contributed by atoms with E-state index in [1.54, 1.807) is 0 Å². The largest absolute Gasteiger partial charge is 0.507 e. The van der Waals surface area contributed by atoms with Gasteiger partial charge in [-0.2, -0.15) is 0 Å². The van der Waals surface area contributed by atoms with Gasteiger partial charge in [-0.1, -0.05) is 6.07 Å². The van der Waals surface area contributed by atoms with Crippen LogP contribution in [0, 0.1) is 0 Å². The smallest absolute Gasteiger partial charge is 0.338 e. The Balaban J connectivity index is 2.50. The Labute approximate surface area is 128 Å². The van der Waals surface area contributed by atoms with Crippen molar-refractivity contribution in [2.75, 3.05) is 7.11 Å². The third-order valence-corrected chi connectivity index (χ3v) is 3.43. The molecule has 0 aliphatic rings. The fourth-order valence-corrected chi connectivity index (χ4v) is 2.41. The SMILES string of the molecule is COC(=O)c1cccc2oc3cc(C(=O)O)cc(O)c3c(=O)c12. The van der Waals surface area contributed by atoms with E-state index in [0.717, 1.165) is 12.1 Å². The van der Waals surface area contributed by atoms with Crippen LogP contribution in [-0.4, -0.2) is 29.3 Å². The van der Waals surface area contributed by atoms with E-state index in [0.29, 0.717) is 0 Å². The fourth-order valence-electron chi connectivity index (χ4n) is 2.41. The highest BCUT2D eigenvalue weighted by atomic mass is 16.5. The van der Waals surface area contributed by atoms with Crippen LogP contribution in [0.2, 0.25) is 0 Å². The van der Waals surface area contributed by atoms with E-state index in [9.17, 15) is 19.5 Å². The van der Waals surface area contributed by atoms with Crippen molar-refractivity contribution in [2.45, 2.75) is 0 Å². The molecule has 2 aromatic carbocycles. The molecule has 0 aliphatic carbocycles. The van der Waals surface area contributed by atoms with Gasteiger partial charge in [0.15, 0.2) is 0 Å². The number of hydrogen-bond acceptors (Lipinski definition) is 6. The summed E-state index contributed by atoms with van der Waals surface area (Å²) >= 11 is 0. The summed E-state index contributed by atoms with van der Waals surface area (Å²) in [5, 5.41) is 18.8. The standard InChI is InChI=1S/C16H10O7/c1-22-16(21)8-3-2-4-10-12(8)14(18)13-9(17)5-7(15(19)20)6-11(13)23-10/h2-6,17H,1H3,(H,19,20).